The molecule has 1 atom stereocenters. The van der Waals surface area contributed by atoms with Gasteiger partial charge in [0.1, 0.15) is 0 Å². The summed E-state index contributed by atoms with van der Waals surface area (Å²) in [5, 5.41) is 5.84. The maximum absolute atomic E-state index is 12.2. The van der Waals surface area contributed by atoms with Crippen LogP contribution in [0.5, 0.6) is 0 Å². The molecule has 0 saturated heterocycles. The summed E-state index contributed by atoms with van der Waals surface area (Å²) in [6, 6.07) is 4.81. The quantitative estimate of drug-likeness (QED) is 0.713. The van der Waals surface area contributed by atoms with E-state index in [1.54, 1.807) is 25.1 Å². The molecule has 1 aromatic carbocycles. The lowest BCUT2D eigenvalue weighted by Gasteiger charge is -2.23. The standard InChI is InChI=1S/C17H26ClN3O2/c1-5-8-17(4,19)16(23)21-12-6-7-13(14(18)9-12)15(22)20-10-11(2)3/h6-7,9,11H,5,8,10,19H2,1-4H3,(H,20,22)(H,21,23). The number of rotatable bonds is 7. The summed E-state index contributed by atoms with van der Waals surface area (Å²) >= 11 is 6.16. The fraction of sp³-hybridized carbons (Fsp3) is 0.529. The van der Waals surface area contributed by atoms with Crippen molar-refractivity contribution in [2.75, 3.05) is 11.9 Å². The fourth-order valence-electron chi connectivity index (χ4n) is 2.08. The Morgan fingerprint density at radius 2 is 2.00 bits per heavy atom. The summed E-state index contributed by atoms with van der Waals surface area (Å²) in [4.78, 5) is 24.2. The molecule has 6 heteroatoms. The first kappa shape index (κ1) is 19.5. The number of nitrogens with one attached hydrogen (secondary N) is 2. The lowest BCUT2D eigenvalue weighted by atomic mass is 9.96. The highest BCUT2D eigenvalue weighted by atomic mass is 35.5. The SMILES string of the molecule is CCCC(C)(N)C(=O)Nc1ccc(C(=O)NCC(C)C)c(Cl)c1. The van der Waals surface area contributed by atoms with Crippen LogP contribution >= 0.6 is 11.6 Å². The second kappa shape index (κ2) is 8.31. The van der Waals surface area contributed by atoms with Crippen molar-refractivity contribution < 1.29 is 9.59 Å². The molecule has 5 nitrogen and oxygen atoms in total. The van der Waals surface area contributed by atoms with Gasteiger partial charge in [0.05, 0.1) is 16.1 Å². The monoisotopic (exact) mass is 339 g/mol. The summed E-state index contributed by atoms with van der Waals surface area (Å²) < 4.78 is 0. The topological polar surface area (TPSA) is 84.2 Å². The fourth-order valence-corrected chi connectivity index (χ4v) is 2.34. The third kappa shape index (κ3) is 5.84. The van der Waals surface area contributed by atoms with E-state index in [1.807, 2.05) is 20.8 Å². The van der Waals surface area contributed by atoms with Gasteiger partial charge in [-0.2, -0.15) is 0 Å². The van der Waals surface area contributed by atoms with Crippen LogP contribution in [0.25, 0.3) is 0 Å². The van der Waals surface area contributed by atoms with E-state index in [2.05, 4.69) is 10.6 Å². The van der Waals surface area contributed by atoms with Crippen molar-refractivity contribution in [1.29, 1.82) is 0 Å². The van der Waals surface area contributed by atoms with Gasteiger partial charge in [-0.1, -0.05) is 38.8 Å². The van der Waals surface area contributed by atoms with Gasteiger partial charge in [0.15, 0.2) is 0 Å². The number of amides is 2. The van der Waals surface area contributed by atoms with Crippen molar-refractivity contribution in [2.45, 2.75) is 46.1 Å². The van der Waals surface area contributed by atoms with E-state index in [-0.39, 0.29) is 11.8 Å². The van der Waals surface area contributed by atoms with Crippen molar-refractivity contribution in [3.8, 4) is 0 Å². The number of carbonyl (C=O) groups is 2. The molecule has 0 fully saturated rings. The Hall–Kier alpha value is -1.59. The van der Waals surface area contributed by atoms with E-state index >= 15 is 0 Å². The first-order valence-corrected chi connectivity index (χ1v) is 8.23. The zero-order valence-corrected chi connectivity index (χ0v) is 15.0. The minimum Gasteiger partial charge on any atom is -0.352 e. The molecule has 0 aromatic heterocycles. The molecule has 1 rings (SSSR count). The molecule has 1 aromatic rings. The third-order valence-corrected chi connectivity index (χ3v) is 3.74. The average Bonchev–Trinajstić information content (AvgIpc) is 2.44. The van der Waals surface area contributed by atoms with E-state index in [9.17, 15) is 9.59 Å². The highest BCUT2D eigenvalue weighted by Gasteiger charge is 2.27. The highest BCUT2D eigenvalue weighted by molar-refractivity contribution is 6.34. The number of halogens is 1. The maximum Gasteiger partial charge on any atom is 0.252 e. The van der Waals surface area contributed by atoms with Crippen LogP contribution in [-0.2, 0) is 4.79 Å². The van der Waals surface area contributed by atoms with Crippen LogP contribution in [-0.4, -0.2) is 23.9 Å². The lowest BCUT2D eigenvalue weighted by molar-refractivity contribution is -0.120. The summed E-state index contributed by atoms with van der Waals surface area (Å²) in [6.45, 7) is 8.28. The van der Waals surface area contributed by atoms with Gasteiger partial charge in [-0.15, -0.1) is 0 Å². The molecule has 128 valence electrons. The van der Waals surface area contributed by atoms with Crippen molar-refractivity contribution in [3.63, 3.8) is 0 Å². The molecule has 0 saturated carbocycles. The molecule has 4 N–H and O–H groups in total. The third-order valence-electron chi connectivity index (χ3n) is 3.43. The lowest BCUT2D eigenvalue weighted by Crippen LogP contribution is -2.48. The molecule has 0 spiro atoms. The largest absolute Gasteiger partial charge is 0.352 e. The number of hydrogen-bond acceptors (Lipinski definition) is 3. The zero-order valence-electron chi connectivity index (χ0n) is 14.2. The Morgan fingerprint density at radius 3 is 2.52 bits per heavy atom. The number of nitrogens with two attached hydrogens (primary N) is 1. The summed E-state index contributed by atoms with van der Waals surface area (Å²) in [6.07, 6.45) is 1.40. The van der Waals surface area contributed by atoms with Crippen molar-refractivity contribution in [2.24, 2.45) is 11.7 Å². The van der Waals surface area contributed by atoms with Crippen LogP contribution in [0.15, 0.2) is 18.2 Å². The number of anilines is 1. The number of hydrogen-bond donors (Lipinski definition) is 3. The molecule has 0 aliphatic rings. The van der Waals surface area contributed by atoms with Crippen LogP contribution in [0.1, 0.15) is 50.9 Å². The summed E-state index contributed by atoms with van der Waals surface area (Å²) in [7, 11) is 0. The van der Waals surface area contributed by atoms with Crippen molar-refractivity contribution >= 4 is 29.1 Å². The molecular formula is C17H26ClN3O2. The van der Waals surface area contributed by atoms with Gasteiger partial charge < -0.3 is 16.4 Å². The average molecular weight is 340 g/mol. The second-order valence-electron chi connectivity index (χ2n) is 6.42. The van der Waals surface area contributed by atoms with Crippen LogP contribution in [0, 0.1) is 5.92 Å². The Kier molecular flexibility index (Phi) is 7.03. The number of carbonyl (C=O) groups excluding carboxylic acids is 2. The molecule has 0 radical (unpaired) electrons. The first-order chi connectivity index (χ1) is 10.7. The molecule has 0 heterocycles. The molecule has 0 aliphatic carbocycles. The predicted molar refractivity (Wildman–Crippen MR) is 94.8 cm³/mol. The van der Waals surface area contributed by atoms with Crippen LogP contribution in [0.2, 0.25) is 5.02 Å². The molecular weight excluding hydrogens is 314 g/mol. The highest BCUT2D eigenvalue weighted by Crippen LogP contribution is 2.22. The van der Waals surface area contributed by atoms with Gasteiger partial charge in [0.25, 0.3) is 5.91 Å². The Labute approximate surface area is 143 Å². The minimum atomic E-state index is -0.936. The number of benzene rings is 1. The smallest absolute Gasteiger partial charge is 0.252 e. The van der Waals surface area contributed by atoms with Crippen LogP contribution < -0.4 is 16.4 Å². The molecule has 0 bridgehead atoms. The van der Waals surface area contributed by atoms with Gasteiger partial charge in [-0.3, -0.25) is 9.59 Å². The normalized spacial score (nSPS) is 13.5. The molecule has 23 heavy (non-hydrogen) atoms. The molecule has 0 aliphatic heterocycles. The van der Waals surface area contributed by atoms with E-state index in [1.165, 1.54) is 0 Å². The first-order valence-electron chi connectivity index (χ1n) is 7.85. The Balaban J connectivity index is 2.80. The van der Waals surface area contributed by atoms with E-state index < -0.39 is 5.54 Å². The van der Waals surface area contributed by atoms with E-state index in [0.29, 0.717) is 35.2 Å². The summed E-state index contributed by atoms with van der Waals surface area (Å²) in [5.74, 6) is -0.138. The molecule has 2 amide bonds. The molecule has 1 unspecified atom stereocenters. The van der Waals surface area contributed by atoms with Crippen LogP contribution in [0.4, 0.5) is 5.69 Å². The second-order valence-corrected chi connectivity index (χ2v) is 6.83. The summed E-state index contributed by atoms with van der Waals surface area (Å²) in [5.41, 5.74) is 5.96. The van der Waals surface area contributed by atoms with Crippen molar-refractivity contribution in [3.05, 3.63) is 28.8 Å². The zero-order chi connectivity index (χ0) is 17.6. The predicted octanol–water partition coefficient (Wildman–Crippen LogP) is 3.18. The van der Waals surface area contributed by atoms with Gasteiger partial charge in [-0.25, -0.2) is 0 Å². The minimum absolute atomic E-state index is 0.226. The Morgan fingerprint density at radius 1 is 1.35 bits per heavy atom. The van der Waals surface area contributed by atoms with E-state index in [0.717, 1.165) is 6.42 Å². The van der Waals surface area contributed by atoms with Gasteiger partial charge in [0, 0.05) is 12.2 Å². The van der Waals surface area contributed by atoms with Gasteiger partial charge in [-0.05, 0) is 37.5 Å². The van der Waals surface area contributed by atoms with Gasteiger partial charge >= 0.3 is 0 Å². The maximum atomic E-state index is 12.2. The van der Waals surface area contributed by atoms with Crippen LogP contribution in [0.3, 0.4) is 0 Å². The van der Waals surface area contributed by atoms with Crippen molar-refractivity contribution in [1.82, 2.24) is 5.32 Å². The Bertz CT molecular complexity index is 571. The van der Waals surface area contributed by atoms with Gasteiger partial charge in [0.2, 0.25) is 5.91 Å². The van der Waals surface area contributed by atoms with E-state index in [4.69, 9.17) is 17.3 Å².